The molecule has 1 aliphatic carbocycles. The molecule has 3 rings (SSSR count). The smallest absolute Gasteiger partial charge is 0.0703 e. The van der Waals surface area contributed by atoms with E-state index in [0.29, 0.717) is 30.1 Å². The summed E-state index contributed by atoms with van der Waals surface area (Å²) in [5, 5.41) is 0. The van der Waals surface area contributed by atoms with Gasteiger partial charge in [-0.1, -0.05) is 30.3 Å². The number of hydrogen-bond donors (Lipinski definition) is 1. The van der Waals surface area contributed by atoms with Crippen molar-refractivity contribution >= 4 is 0 Å². The van der Waals surface area contributed by atoms with Gasteiger partial charge in [0.25, 0.3) is 0 Å². The molecule has 1 saturated heterocycles. The van der Waals surface area contributed by atoms with Gasteiger partial charge in [-0.3, -0.25) is 4.90 Å². The number of benzene rings is 1. The zero-order chi connectivity index (χ0) is 14.8. The lowest BCUT2D eigenvalue weighted by Crippen LogP contribution is -2.54. The summed E-state index contributed by atoms with van der Waals surface area (Å²) in [5.41, 5.74) is 7.92. The lowest BCUT2D eigenvalue weighted by molar-refractivity contribution is 0.0500. The molecular formula is C18H28N2O. The van der Waals surface area contributed by atoms with Gasteiger partial charge >= 0.3 is 0 Å². The maximum absolute atomic E-state index is 6.45. The van der Waals surface area contributed by atoms with E-state index in [1.54, 1.807) is 0 Å². The van der Waals surface area contributed by atoms with Crippen molar-refractivity contribution in [2.45, 2.75) is 62.8 Å². The third-order valence-corrected chi connectivity index (χ3v) is 5.52. The van der Waals surface area contributed by atoms with Crippen LogP contribution in [-0.2, 0) is 4.74 Å². The number of hydrogen-bond acceptors (Lipinski definition) is 3. The molecule has 5 unspecified atom stereocenters. The minimum atomic E-state index is 0.294. The van der Waals surface area contributed by atoms with Crippen LogP contribution < -0.4 is 5.73 Å². The van der Waals surface area contributed by atoms with Crippen molar-refractivity contribution in [2.75, 3.05) is 13.7 Å². The van der Waals surface area contributed by atoms with E-state index < -0.39 is 0 Å². The summed E-state index contributed by atoms with van der Waals surface area (Å²) in [6.07, 6.45) is 4.98. The van der Waals surface area contributed by atoms with E-state index >= 15 is 0 Å². The molecule has 1 aliphatic heterocycles. The molecule has 3 heteroatoms. The van der Waals surface area contributed by atoms with Crippen molar-refractivity contribution < 1.29 is 4.74 Å². The highest BCUT2D eigenvalue weighted by atomic mass is 16.5. The van der Waals surface area contributed by atoms with E-state index in [4.69, 9.17) is 10.5 Å². The van der Waals surface area contributed by atoms with Crippen molar-refractivity contribution in [1.82, 2.24) is 4.90 Å². The molecule has 1 heterocycles. The minimum absolute atomic E-state index is 0.294. The SMILES string of the molecule is CC1OCCC1N(C)C1CC(c2ccccc2)CCC1N. The van der Waals surface area contributed by atoms with Gasteiger partial charge in [0.15, 0.2) is 0 Å². The van der Waals surface area contributed by atoms with E-state index in [1.807, 2.05) is 0 Å². The van der Waals surface area contributed by atoms with Crippen LogP contribution in [0.25, 0.3) is 0 Å². The van der Waals surface area contributed by atoms with Crippen LogP contribution in [0, 0.1) is 0 Å². The molecular weight excluding hydrogens is 260 g/mol. The Morgan fingerprint density at radius 3 is 2.52 bits per heavy atom. The highest BCUT2D eigenvalue weighted by Gasteiger charge is 2.37. The lowest BCUT2D eigenvalue weighted by atomic mass is 9.78. The molecule has 5 atom stereocenters. The van der Waals surface area contributed by atoms with Crippen molar-refractivity contribution in [1.29, 1.82) is 0 Å². The van der Waals surface area contributed by atoms with E-state index in [2.05, 4.69) is 49.2 Å². The summed E-state index contributed by atoms with van der Waals surface area (Å²) in [4.78, 5) is 2.51. The van der Waals surface area contributed by atoms with E-state index in [1.165, 1.54) is 18.4 Å². The predicted molar refractivity (Wildman–Crippen MR) is 86.4 cm³/mol. The molecule has 21 heavy (non-hydrogen) atoms. The lowest BCUT2D eigenvalue weighted by Gasteiger charge is -2.43. The number of nitrogens with two attached hydrogens (primary N) is 1. The van der Waals surface area contributed by atoms with Gasteiger partial charge in [0.05, 0.1) is 6.10 Å². The largest absolute Gasteiger partial charge is 0.377 e. The number of rotatable bonds is 3. The van der Waals surface area contributed by atoms with Gasteiger partial charge < -0.3 is 10.5 Å². The van der Waals surface area contributed by atoms with Gasteiger partial charge in [0, 0.05) is 24.7 Å². The first kappa shape index (κ1) is 15.0. The zero-order valence-electron chi connectivity index (χ0n) is 13.2. The van der Waals surface area contributed by atoms with Crippen LogP contribution in [0.15, 0.2) is 30.3 Å². The molecule has 2 N–H and O–H groups in total. The van der Waals surface area contributed by atoms with E-state index in [9.17, 15) is 0 Å². The fourth-order valence-electron chi connectivity index (χ4n) is 4.17. The Kier molecular flexibility index (Phi) is 4.63. The highest BCUT2D eigenvalue weighted by Crippen LogP contribution is 2.36. The topological polar surface area (TPSA) is 38.5 Å². The zero-order valence-corrected chi connectivity index (χ0v) is 13.2. The molecule has 0 radical (unpaired) electrons. The van der Waals surface area contributed by atoms with Crippen molar-refractivity contribution in [3.8, 4) is 0 Å². The van der Waals surface area contributed by atoms with Crippen molar-refractivity contribution in [3.05, 3.63) is 35.9 Å². The first-order valence-corrected chi connectivity index (χ1v) is 8.31. The van der Waals surface area contributed by atoms with Crippen LogP contribution in [0.4, 0.5) is 0 Å². The standard InChI is InChI=1S/C18H28N2O/c1-13-17(10-11-21-13)20(2)18-12-15(8-9-16(18)19)14-6-4-3-5-7-14/h3-7,13,15-18H,8-12,19H2,1-2H3. The number of ether oxygens (including phenoxy) is 1. The molecule has 3 nitrogen and oxygen atoms in total. The second kappa shape index (κ2) is 6.47. The first-order chi connectivity index (χ1) is 10.2. The Morgan fingerprint density at radius 2 is 1.86 bits per heavy atom. The fourth-order valence-corrected chi connectivity index (χ4v) is 4.17. The fraction of sp³-hybridized carbons (Fsp3) is 0.667. The monoisotopic (exact) mass is 288 g/mol. The molecule has 116 valence electrons. The van der Waals surface area contributed by atoms with Gasteiger partial charge in [-0.15, -0.1) is 0 Å². The average Bonchev–Trinajstić information content (AvgIpc) is 2.94. The summed E-state index contributed by atoms with van der Waals surface area (Å²) in [5.74, 6) is 0.649. The second-order valence-electron chi connectivity index (χ2n) is 6.75. The maximum Gasteiger partial charge on any atom is 0.0703 e. The van der Waals surface area contributed by atoms with Crippen LogP contribution in [-0.4, -0.2) is 42.8 Å². The molecule has 1 aromatic rings. The van der Waals surface area contributed by atoms with Gasteiger partial charge in [-0.2, -0.15) is 0 Å². The van der Waals surface area contributed by atoms with Crippen LogP contribution >= 0.6 is 0 Å². The minimum Gasteiger partial charge on any atom is -0.377 e. The Labute approximate surface area is 128 Å². The van der Waals surface area contributed by atoms with Gasteiger partial charge in [-0.05, 0) is 51.1 Å². The Balaban J connectivity index is 1.71. The molecule has 1 saturated carbocycles. The molecule has 2 fully saturated rings. The van der Waals surface area contributed by atoms with Crippen LogP contribution in [0.2, 0.25) is 0 Å². The van der Waals surface area contributed by atoms with E-state index in [-0.39, 0.29) is 0 Å². The molecule has 1 aromatic carbocycles. The van der Waals surface area contributed by atoms with Gasteiger partial charge in [-0.25, -0.2) is 0 Å². The van der Waals surface area contributed by atoms with Crippen LogP contribution in [0.1, 0.15) is 44.1 Å². The predicted octanol–water partition coefficient (Wildman–Crippen LogP) is 2.76. The van der Waals surface area contributed by atoms with Gasteiger partial charge in [0.2, 0.25) is 0 Å². The third kappa shape index (κ3) is 3.15. The van der Waals surface area contributed by atoms with Crippen molar-refractivity contribution in [3.63, 3.8) is 0 Å². The van der Waals surface area contributed by atoms with Crippen molar-refractivity contribution in [2.24, 2.45) is 5.73 Å². The Morgan fingerprint density at radius 1 is 1.10 bits per heavy atom. The quantitative estimate of drug-likeness (QED) is 0.929. The molecule has 0 aromatic heterocycles. The molecule has 2 aliphatic rings. The van der Waals surface area contributed by atoms with Crippen LogP contribution in [0.5, 0.6) is 0 Å². The number of likely N-dealkylation sites (N-methyl/N-ethyl adjacent to an activating group) is 1. The Bertz CT molecular complexity index is 450. The summed E-state index contributed by atoms with van der Waals surface area (Å²) in [7, 11) is 2.24. The third-order valence-electron chi connectivity index (χ3n) is 5.52. The normalized spacial score (nSPS) is 37.0. The highest BCUT2D eigenvalue weighted by molar-refractivity contribution is 5.21. The average molecular weight is 288 g/mol. The molecule has 0 spiro atoms. The Hall–Kier alpha value is -0.900. The van der Waals surface area contributed by atoms with E-state index in [0.717, 1.165) is 19.4 Å². The first-order valence-electron chi connectivity index (χ1n) is 8.31. The van der Waals surface area contributed by atoms with Gasteiger partial charge in [0.1, 0.15) is 0 Å². The number of nitrogens with zero attached hydrogens (tertiary/aromatic N) is 1. The summed E-state index contributed by atoms with van der Waals surface area (Å²) in [6, 6.07) is 12.2. The summed E-state index contributed by atoms with van der Waals surface area (Å²) < 4.78 is 5.74. The molecule has 0 bridgehead atoms. The molecule has 0 amide bonds. The second-order valence-corrected chi connectivity index (χ2v) is 6.75. The maximum atomic E-state index is 6.45. The van der Waals surface area contributed by atoms with Crippen LogP contribution in [0.3, 0.4) is 0 Å². The summed E-state index contributed by atoms with van der Waals surface area (Å²) in [6.45, 7) is 3.08. The summed E-state index contributed by atoms with van der Waals surface area (Å²) >= 11 is 0.